The van der Waals surface area contributed by atoms with E-state index in [-0.39, 0.29) is 0 Å². The molecule has 1 fully saturated rings. The van der Waals surface area contributed by atoms with Crippen molar-refractivity contribution in [2.24, 2.45) is 0 Å². The van der Waals surface area contributed by atoms with Gasteiger partial charge < -0.3 is 19.9 Å². The number of hydrogen-bond donors (Lipinski definition) is 1. The topological polar surface area (TPSA) is 57.0 Å². The quantitative estimate of drug-likeness (QED) is 0.449. The van der Waals surface area contributed by atoms with Crippen molar-refractivity contribution in [1.29, 1.82) is 0 Å². The Bertz CT molecular complexity index is 445. The summed E-state index contributed by atoms with van der Waals surface area (Å²) in [6.45, 7) is 9.74. The van der Waals surface area contributed by atoms with Crippen LogP contribution in [0.5, 0.6) is 5.75 Å². The molecule has 0 atom stereocenters. The number of nitrogens with zero attached hydrogens (tertiary/aromatic N) is 1. The summed E-state index contributed by atoms with van der Waals surface area (Å²) in [5, 5.41) is 0. The molecule has 1 aromatic rings. The van der Waals surface area contributed by atoms with Gasteiger partial charge in [0.2, 0.25) is 0 Å². The van der Waals surface area contributed by atoms with E-state index in [0.29, 0.717) is 25.5 Å². The summed E-state index contributed by atoms with van der Waals surface area (Å²) in [4.78, 5) is 2.34. The number of ether oxygens (including phenoxy) is 3. The first-order valence-electron chi connectivity index (χ1n) is 7.29. The Balaban J connectivity index is 1.84. The van der Waals surface area contributed by atoms with Gasteiger partial charge in [0.15, 0.2) is 0 Å². The van der Waals surface area contributed by atoms with Crippen LogP contribution < -0.4 is 10.5 Å². The van der Waals surface area contributed by atoms with Crippen molar-refractivity contribution in [1.82, 2.24) is 4.90 Å². The lowest BCUT2D eigenvalue weighted by Crippen LogP contribution is -2.38. The highest BCUT2D eigenvalue weighted by atomic mass is 16.5. The predicted molar refractivity (Wildman–Crippen MR) is 83.5 cm³/mol. The van der Waals surface area contributed by atoms with Crippen LogP contribution in [-0.2, 0) is 16.1 Å². The van der Waals surface area contributed by atoms with E-state index >= 15 is 0 Å². The SMILES string of the molecule is C=CCOCc1cc(N)ccc1OCCN1CCOCC1. The average molecular weight is 292 g/mol. The van der Waals surface area contributed by atoms with E-state index < -0.39 is 0 Å². The molecule has 0 amide bonds. The Morgan fingerprint density at radius 2 is 2.14 bits per heavy atom. The summed E-state index contributed by atoms with van der Waals surface area (Å²) >= 11 is 0. The van der Waals surface area contributed by atoms with Crippen LogP contribution in [0.25, 0.3) is 0 Å². The fraction of sp³-hybridized carbons (Fsp3) is 0.500. The molecule has 21 heavy (non-hydrogen) atoms. The largest absolute Gasteiger partial charge is 0.492 e. The van der Waals surface area contributed by atoms with Gasteiger partial charge in [0.1, 0.15) is 12.4 Å². The summed E-state index contributed by atoms with van der Waals surface area (Å²) in [5.41, 5.74) is 7.51. The number of anilines is 1. The third-order valence-electron chi connectivity index (χ3n) is 3.35. The van der Waals surface area contributed by atoms with Crippen LogP contribution >= 0.6 is 0 Å². The van der Waals surface area contributed by atoms with Crippen LogP contribution in [0.1, 0.15) is 5.56 Å². The smallest absolute Gasteiger partial charge is 0.125 e. The summed E-state index contributed by atoms with van der Waals surface area (Å²) in [5.74, 6) is 0.835. The molecule has 2 N–H and O–H groups in total. The van der Waals surface area contributed by atoms with E-state index in [2.05, 4.69) is 11.5 Å². The monoisotopic (exact) mass is 292 g/mol. The first-order chi connectivity index (χ1) is 10.3. The molecular weight excluding hydrogens is 268 g/mol. The standard InChI is InChI=1S/C16H24N2O3/c1-2-8-20-13-14-12-15(17)3-4-16(14)21-11-7-18-5-9-19-10-6-18/h2-4,12H,1,5-11,13,17H2. The maximum Gasteiger partial charge on any atom is 0.125 e. The predicted octanol–water partition coefficient (Wildman–Crippen LogP) is 1.68. The van der Waals surface area contributed by atoms with Crippen molar-refractivity contribution >= 4 is 5.69 Å². The van der Waals surface area contributed by atoms with Crippen molar-refractivity contribution in [3.8, 4) is 5.75 Å². The molecule has 1 saturated heterocycles. The number of nitrogen functional groups attached to an aromatic ring is 1. The van der Waals surface area contributed by atoms with Crippen LogP contribution in [0.4, 0.5) is 5.69 Å². The lowest BCUT2D eigenvalue weighted by Gasteiger charge is -2.26. The minimum absolute atomic E-state index is 0.476. The van der Waals surface area contributed by atoms with Crippen molar-refractivity contribution in [2.45, 2.75) is 6.61 Å². The van der Waals surface area contributed by atoms with Crippen molar-refractivity contribution in [2.75, 3.05) is 51.8 Å². The zero-order valence-corrected chi connectivity index (χ0v) is 12.4. The van der Waals surface area contributed by atoms with Crippen molar-refractivity contribution in [3.63, 3.8) is 0 Å². The first kappa shape index (κ1) is 15.8. The average Bonchev–Trinajstić information content (AvgIpc) is 2.51. The highest BCUT2D eigenvalue weighted by molar-refractivity contribution is 5.47. The highest BCUT2D eigenvalue weighted by Crippen LogP contribution is 2.22. The summed E-state index contributed by atoms with van der Waals surface area (Å²) in [7, 11) is 0. The molecule has 2 rings (SSSR count). The Kier molecular flexibility index (Phi) is 6.53. The van der Waals surface area contributed by atoms with Gasteiger partial charge in [-0.05, 0) is 18.2 Å². The van der Waals surface area contributed by atoms with Gasteiger partial charge in [-0.25, -0.2) is 0 Å². The van der Waals surface area contributed by atoms with Crippen molar-refractivity contribution < 1.29 is 14.2 Å². The molecule has 0 saturated carbocycles. The van der Waals surface area contributed by atoms with Gasteiger partial charge >= 0.3 is 0 Å². The number of benzene rings is 1. The molecule has 1 aliphatic rings. The fourth-order valence-corrected chi connectivity index (χ4v) is 2.21. The van der Waals surface area contributed by atoms with Crippen LogP contribution in [-0.4, -0.2) is 51.0 Å². The van der Waals surface area contributed by atoms with Gasteiger partial charge in [0.25, 0.3) is 0 Å². The molecule has 1 heterocycles. The molecule has 0 spiro atoms. The highest BCUT2D eigenvalue weighted by Gasteiger charge is 2.11. The maximum atomic E-state index is 5.88. The van der Waals surface area contributed by atoms with Gasteiger partial charge in [0.05, 0.1) is 26.4 Å². The van der Waals surface area contributed by atoms with E-state index in [0.717, 1.165) is 44.2 Å². The summed E-state index contributed by atoms with van der Waals surface area (Å²) in [6.07, 6.45) is 1.73. The Labute approximate surface area is 126 Å². The zero-order chi connectivity index (χ0) is 14.9. The van der Waals surface area contributed by atoms with Crippen LogP contribution in [0.15, 0.2) is 30.9 Å². The van der Waals surface area contributed by atoms with E-state index in [4.69, 9.17) is 19.9 Å². The van der Waals surface area contributed by atoms with Crippen LogP contribution in [0.2, 0.25) is 0 Å². The van der Waals surface area contributed by atoms with Crippen LogP contribution in [0.3, 0.4) is 0 Å². The molecule has 116 valence electrons. The van der Waals surface area contributed by atoms with Crippen molar-refractivity contribution in [3.05, 3.63) is 36.4 Å². The lowest BCUT2D eigenvalue weighted by atomic mass is 10.2. The Morgan fingerprint density at radius 3 is 2.90 bits per heavy atom. The summed E-state index contributed by atoms with van der Waals surface area (Å²) in [6, 6.07) is 5.65. The second-order valence-electron chi connectivity index (χ2n) is 4.97. The molecule has 0 aliphatic carbocycles. The van der Waals surface area contributed by atoms with Gasteiger partial charge in [-0.2, -0.15) is 0 Å². The molecular formula is C16H24N2O3. The minimum atomic E-state index is 0.476. The first-order valence-corrected chi connectivity index (χ1v) is 7.29. The lowest BCUT2D eigenvalue weighted by molar-refractivity contribution is 0.0320. The molecule has 0 radical (unpaired) electrons. The van der Waals surface area contributed by atoms with E-state index in [9.17, 15) is 0 Å². The second kappa shape index (κ2) is 8.67. The molecule has 5 heteroatoms. The Morgan fingerprint density at radius 1 is 1.33 bits per heavy atom. The number of rotatable bonds is 8. The molecule has 1 aromatic carbocycles. The minimum Gasteiger partial charge on any atom is -0.492 e. The van der Waals surface area contributed by atoms with E-state index in [1.165, 1.54) is 0 Å². The third kappa shape index (κ3) is 5.38. The van der Waals surface area contributed by atoms with E-state index in [1.54, 1.807) is 6.08 Å². The molecule has 5 nitrogen and oxygen atoms in total. The Hall–Kier alpha value is -1.56. The second-order valence-corrected chi connectivity index (χ2v) is 4.97. The molecule has 0 unspecified atom stereocenters. The van der Waals surface area contributed by atoms with Crippen LogP contribution in [0, 0.1) is 0 Å². The molecule has 0 aromatic heterocycles. The number of morpholine rings is 1. The molecule has 0 bridgehead atoms. The van der Waals surface area contributed by atoms with Gasteiger partial charge in [-0.3, -0.25) is 4.90 Å². The van der Waals surface area contributed by atoms with Gasteiger partial charge in [-0.1, -0.05) is 6.08 Å². The van der Waals surface area contributed by atoms with E-state index in [1.807, 2.05) is 18.2 Å². The molecule has 1 aliphatic heterocycles. The summed E-state index contributed by atoms with van der Waals surface area (Å²) < 4.78 is 16.7. The number of nitrogens with two attached hydrogens (primary N) is 1. The third-order valence-corrected chi connectivity index (χ3v) is 3.35. The van der Waals surface area contributed by atoms with Gasteiger partial charge in [0, 0.05) is 30.9 Å². The zero-order valence-electron chi connectivity index (χ0n) is 12.4. The fourth-order valence-electron chi connectivity index (χ4n) is 2.21. The number of hydrogen-bond acceptors (Lipinski definition) is 5. The van der Waals surface area contributed by atoms with Gasteiger partial charge in [-0.15, -0.1) is 6.58 Å². The normalized spacial score (nSPS) is 15.8. The maximum absolute atomic E-state index is 5.88.